The molecule has 90 valence electrons. The van der Waals surface area contributed by atoms with Gasteiger partial charge in [-0.2, -0.15) is 0 Å². The van der Waals surface area contributed by atoms with E-state index in [4.69, 9.17) is 17.3 Å². The molecule has 1 rings (SSSR count). The summed E-state index contributed by atoms with van der Waals surface area (Å²) >= 11 is 5.80. The summed E-state index contributed by atoms with van der Waals surface area (Å²) < 4.78 is 0. The van der Waals surface area contributed by atoms with Crippen LogP contribution in [0.2, 0.25) is 5.02 Å². The van der Waals surface area contributed by atoms with Crippen molar-refractivity contribution >= 4 is 29.9 Å². The van der Waals surface area contributed by atoms with Crippen LogP contribution in [0.3, 0.4) is 0 Å². The van der Waals surface area contributed by atoms with Crippen LogP contribution in [-0.2, 0) is 0 Å². The van der Waals surface area contributed by atoms with Gasteiger partial charge < -0.3 is 11.1 Å². The van der Waals surface area contributed by atoms with Gasteiger partial charge in [-0.05, 0) is 37.6 Å². The normalized spacial score (nSPS) is 11.5. The maximum atomic E-state index is 11.7. The minimum atomic E-state index is -0.109. The number of benzene rings is 1. The fourth-order valence-electron chi connectivity index (χ4n) is 1.24. The molecule has 0 bridgehead atoms. The summed E-state index contributed by atoms with van der Waals surface area (Å²) in [5, 5.41) is 3.43. The van der Waals surface area contributed by atoms with Gasteiger partial charge in [-0.25, -0.2) is 0 Å². The molecule has 16 heavy (non-hydrogen) atoms. The van der Waals surface area contributed by atoms with Gasteiger partial charge in [0.05, 0.1) is 0 Å². The maximum absolute atomic E-state index is 11.7. The molecule has 0 aliphatic heterocycles. The minimum absolute atomic E-state index is 0. The Morgan fingerprint density at radius 2 is 2.19 bits per heavy atom. The molecule has 5 heteroatoms. The average molecular weight is 263 g/mol. The van der Waals surface area contributed by atoms with Crippen LogP contribution >= 0.6 is 24.0 Å². The van der Waals surface area contributed by atoms with E-state index in [1.54, 1.807) is 18.2 Å². The summed E-state index contributed by atoms with van der Waals surface area (Å²) in [6, 6.07) is 5.17. The van der Waals surface area contributed by atoms with Crippen molar-refractivity contribution in [2.24, 2.45) is 5.73 Å². The topological polar surface area (TPSA) is 55.1 Å². The maximum Gasteiger partial charge on any atom is 0.251 e. The first-order valence-electron chi connectivity index (χ1n) is 4.81. The fourth-order valence-corrected chi connectivity index (χ4v) is 1.47. The van der Waals surface area contributed by atoms with E-state index in [1.165, 1.54) is 0 Å². The Bertz CT molecular complexity index is 369. The van der Waals surface area contributed by atoms with E-state index in [0.717, 1.165) is 5.56 Å². The summed E-state index contributed by atoms with van der Waals surface area (Å²) in [6.45, 7) is 4.15. The third-order valence-electron chi connectivity index (χ3n) is 2.16. The number of nitrogens with two attached hydrogens (primary N) is 1. The molecular formula is C11H16Cl2N2O. The third kappa shape index (κ3) is 4.00. The molecule has 1 aromatic rings. The zero-order valence-electron chi connectivity index (χ0n) is 9.29. The van der Waals surface area contributed by atoms with Crippen LogP contribution < -0.4 is 11.1 Å². The van der Waals surface area contributed by atoms with E-state index in [2.05, 4.69) is 5.32 Å². The molecule has 0 fully saturated rings. The van der Waals surface area contributed by atoms with Crippen LogP contribution in [0.15, 0.2) is 18.2 Å². The van der Waals surface area contributed by atoms with Crippen molar-refractivity contribution < 1.29 is 4.79 Å². The van der Waals surface area contributed by atoms with Crippen LogP contribution in [0.25, 0.3) is 0 Å². The SMILES string of the molecule is Cc1cc(Cl)ccc1C(=O)N[C@H](C)CN.Cl. The lowest BCUT2D eigenvalue weighted by Crippen LogP contribution is -2.38. The van der Waals surface area contributed by atoms with Crippen molar-refractivity contribution in [2.75, 3.05) is 6.54 Å². The van der Waals surface area contributed by atoms with Crippen molar-refractivity contribution in [1.29, 1.82) is 0 Å². The van der Waals surface area contributed by atoms with Crippen molar-refractivity contribution in [3.8, 4) is 0 Å². The van der Waals surface area contributed by atoms with Crippen molar-refractivity contribution in [1.82, 2.24) is 5.32 Å². The van der Waals surface area contributed by atoms with Crippen molar-refractivity contribution in [3.63, 3.8) is 0 Å². The summed E-state index contributed by atoms with van der Waals surface area (Å²) in [5.74, 6) is -0.109. The first kappa shape index (κ1) is 15.2. The van der Waals surface area contributed by atoms with Gasteiger partial charge in [0.25, 0.3) is 5.91 Å². The number of aryl methyl sites for hydroxylation is 1. The van der Waals surface area contributed by atoms with Gasteiger partial charge in [-0.1, -0.05) is 11.6 Å². The Morgan fingerprint density at radius 1 is 1.56 bits per heavy atom. The highest BCUT2D eigenvalue weighted by molar-refractivity contribution is 6.30. The van der Waals surface area contributed by atoms with E-state index in [1.807, 2.05) is 13.8 Å². The molecular weight excluding hydrogens is 247 g/mol. The molecule has 3 nitrogen and oxygen atoms in total. The molecule has 0 radical (unpaired) electrons. The summed E-state index contributed by atoms with van der Waals surface area (Å²) in [6.07, 6.45) is 0. The molecule has 3 N–H and O–H groups in total. The second-order valence-corrected chi connectivity index (χ2v) is 4.01. The van der Waals surface area contributed by atoms with Gasteiger partial charge in [0.2, 0.25) is 0 Å². The highest BCUT2D eigenvalue weighted by Crippen LogP contribution is 2.15. The lowest BCUT2D eigenvalue weighted by atomic mass is 10.1. The lowest BCUT2D eigenvalue weighted by molar-refractivity contribution is 0.0940. The number of carbonyl (C=O) groups excluding carboxylic acids is 1. The fraction of sp³-hybridized carbons (Fsp3) is 0.364. The molecule has 0 aromatic heterocycles. The molecule has 0 spiro atoms. The van der Waals surface area contributed by atoms with E-state index in [9.17, 15) is 4.79 Å². The zero-order chi connectivity index (χ0) is 11.4. The zero-order valence-corrected chi connectivity index (χ0v) is 10.9. The Morgan fingerprint density at radius 3 is 2.69 bits per heavy atom. The van der Waals surface area contributed by atoms with E-state index in [0.29, 0.717) is 17.1 Å². The molecule has 0 aliphatic rings. The molecule has 0 heterocycles. The second kappa shape index (κ2) is 6.74. The Labute approximate surface area is 107 Å². The van der Waals surface area contributed by atoms with Gasteiger partial charge in [0.15, 0.2) is 0 Å². The second-order valence-electron chi connectivity index (χ2n) is 3.57. The average Bonchev–Trinajstić information content (AvgIpc) is 2.17. The quantitative estimate of drug-likeness (QED) is 0.877. The molecule has 1 atom stereocenters. The number of hydrogen-bond acceptors (Lipinski definition) is 2. The van der Waals surface area contributed by atoms with Gasteiger partial charge >= 0.3 is 0 Å². The third-order valence-corrected chi connectivity index (χ3v) is 2.40. The van der Waals surface area contributed by atoms with E-state index >= 15 is 0 Å². The molecule has 0 saturated carbocycles. The van der Waals surface area contributed by atoms with E-state index < -0.39 is 0 Å². The molecule has 0 saturated heterocycles. The first-order chi connectivity index (χ1) is 7.04. The van der Waals surface area contributed by atoms with Crippen LogP contribution in [0.5, 0.6) is 0 Å². The number of rotatable bonds is 3. The Kier molecular flexibility index (Phi) is 6.41. The number of nitrogens with one attached hydrogen (secondary N) is 1. The lowest BCUT2D eigenvalue weighted by Gasteiger charge is -2.12. The Hall–Kier alpha value is -0.770. The van der Waals surface area contributed by atoms with Crippen LogP contribution in [-0.4, -0.2) is 18.5 Å². The molecule has 0 aliphatic carbocycles. The number of carbonyl (C=O) groups is 1. The highest BCUT2D eigenvalue weighted by atomic mass is 35.5. The number of amides is 1. The number of hydrogen-bond donors (Lipinski definition) is 2. The van der Waals surface area contributed by atoms with Gasteiger partial charge in [-0.3, -0.25) is 4.79 Å². The minimum Gasteiger partial charge on any atom is -0.348 e. The van der Waals surface area contributed by atoms with Crippen LogP contribution in [0, 0.1) is 6.92 Å². The van der Waals surface area contributed by atoms with Crippen LogP contribution in [0.1, 0.15) is 22.8 Å². The summed E-state index contributed by atoms with van der Waals surface area (Å²) in [5.41, 5.74) is 6.93. The van der Waals surface area contributed by atoms with Crippen molar-refractivity contribution in [3.05, 3.63) is 34.3 Å². The predicted molar refractivity (Wildman–Crippen MR) is 69.4 cm³/mol. The monoisotopic (exact) mass is 262 g/mol. The van der Waals surface area contributed by atoms with Crippen LogP contribution in [0.4, 0.5) is 0 Å². The van der Waals surface area contributed by atoms with Crippen molar-refractivity contribution in [2.45, 2.75) is 19.9 Å². The Balaban J connectivity index is 0.00000225. The molecule has 1 amide bonds. The molecule has 0 unspecified atom stereocenters. The van der Waals surface area contributed by atoms with Gasteiger partial charge in [0.1, 0.15) is 0 Å². The smallest absolute Gasteiger partial charge is 0.251 e. The standard InChI is InChI=1S/C11H15ClN2O.ClH/c1-7-5-9(12)3-4-10(7)11(15)14-8(2)6-13;/h3-5,8H,6,13H2,1-2H3,(H,14,15);1H/t8-;/m1./s1. The summed E-state index contributed by atoms with van der Waals surface area (Å²) in [4.78, 5) is 11.7. The summed E-state index contributed by atoms with van der Waals surface area (Å²) in [7, 11) is 0. The predicted octanol–water partition coefficient (Wildman–Crippen LogP) is 2.15. The number of halogens is 2. The highest BCUT2D eigenvalue weighted by Gasteiger charge is 2.10. The first-order valence-corrected chi connectivity index (χ1v) is 5.19. The largest absolute Gasteiger partial charge is 0.348 e. The van der Waals surface area contributed by atoms with E-state index in [-0.39, 0.29) is 24.4 Å². The van der Waals surface area contributed by atoms with Gasteiger partial charge in [0, 0.05) is 23.2 Å². The molecule has 1 aromatic carbocycles. The van der Waals surface area contributed by atoms with Gasteiger partial charge in [-0.15, -0.1) is 12.4 Å².